The fourth-order valence-corrected chi connectivity index (χ4v) is 2.43. The Bertz CT molecular complexity index is 401. The van der Waals surface area contributed by atoms with E-state index in [-0.39, 0.29) is 0 Å². The van der Waals surface area contributed by atoms with Crippen LogP contribution in [-0.2, 0) is 0 Å². The van der Waals surface area contributed by atoms with Crippen molar-refractivity contribution in [2.45, 2.75) is 57.2 Å². The summed E-state index contributed by atoms with van der Waals surface area (Å²) in [6, 6.07) is 0.447. The first-order valence-corrected chi connectivity index (χ1v) is 7.59. The van der Waals surface area contributed by atoms with Crippen LogP contribution in [0.5, 0.6) is 0 Å². The highest BCUT2D eigenvalue weighted by Gasteiger charge is 2.22. The molecule has 0 spiro atoms. The average molecular weight is 291 g/mol. The maximum absolute atomic E-state index is 6.21. The van der Waals surface area contributed by atoms with Crippen molar-refractivity contribution in [2.24, 2.45) is 16.6 Å². The van der Waals surface area contributed by atoms with Gasteiger partial charge in [-0.3, -0.25) is 0 Å². The van der Waals surface area contributed by atoms with Crippen molar-refractivity contribution in [3.63, 3.8) is 0 Å². The molecule has 0 aliphatic heterocycles. The van der Waals surface area contributed by atoms with Crippen molar-refractivity contribution in [3.05, 3.63) is 36.7 Å². The number of nitrogens with one attached hydrogen (secondary N) is 2. The zero-order chi connectivity index (χ0) is 15.7. The van der Waals surface area contributed by atoms with Crippen LogP contribution in [0.3, 0.4) is 0 Å². The number of hydrazone groups is 1. The Balaban J connectivity index is 2.57. The molecule has 21 heavy (non-hydrogen) atoms. The Morgan fingerprint density at radius 1 is 1.29 bits per heavy atom. The molecule has 1 rings (SSSR count). The molecule has 0 aromatic carbocycles. The largest absolute Gasteiger partial charge is 0.404 e. The van der Waals surface area contributed by atoms with Crippen LogP contribution >= 0.6 is 0 Å². The number of allylic oxidation sites excluding steroid dienone is 1. The number of nitrogens with two attached hydrogens (primary N) is 2. The summed E-state index contributed by atoms with van der Waals surface area (Å²) in [4.78, 5) is 0. The predicted molar refractivity (Wildman–Crippen MR) is 90.5 cm³/mol. The van der Waals surface area contributed by atoms with Crippen LogP contribution < -0.4 is 22.2 Å². The third-order valence-electron chi connectivity index (χ3n) is 3.76. The second-order valence-electron chi connectivity index (χ2n) is 5.75. The predicted octanol–water partition coefficient (Wildman–Crippen LogP) is 2.09. The minimum atomic E-state index is -0.839. The van der Waals surface area contributed by atoms with Gasteiger partial charge in [0, 0.05) is 23.5 Å². The smallest absolute Gasteiger partial charge is 0.112 e. The molecule has 118 valence electrons. The molecule has 1 aliphatic carbocycles. The third kappa shape index (κ3) is 6.04. The summed E-state index contributed by atoms with van der Waals surface area (Å²) in [6.45, 7) is 9.27. The Kier molecular flexibility index (Phi) is 7.02. The van der Waals surface area contributed by atoms with E-state index in [4.69, 9.17) is 11.5 Å². The summed E-state index contributed by atoms with van der Waals surface area (Å²) in [7, 11) is 0. The molecule has 0 amide bonds. The Labute approximate surface area is 128 Å². The molecule has 0 aromatic heterocycles. The number of hydrogen-bond donors (Lipinski definition) is 4. The minimum Gasteiger partial charge on any atom is -0.404 e. The molecule has 1 fully saturated rings. The zero-order valence-electron chi connectivity index (χ0n) is 13.1. The molecule has 1 saturated carbocycles. The van der Waals surface area contributed by atoms with Gasteiger partial charge in [0.05, 0.1) is 6.21 Å². The maximum Gasteiger partial charge on any atom is 0.112 e. The molecule has 5 heteroatoms. The second kappa shape index (κ2) is 8.52. The van der Waals surface area contributed by atoms with E-state index in [1.54, 1.807) is 12.3 Å². The van der Waals surface area contributed by atoms with Crippen LogP contribution in [0.1, 0.15) is 45.4 Å². The summed E-state index contributed by atoms with van der Waals surface area (Å²) >= 11 is 0. The highest BCUT2D eigenvalue weighted by Crippen LogP contribution is 2.17. The van der Waals surface area contributed by atoms with Crippen LogP contribution in [0.4, 0.5) is 0 Å². The second-order valence-corrected chi connectivity index (χ2v) is 5.75. The van der Waals surface area contributed by atoms with E-state index >= 15 is 0 Å². The molecule has 0 aromatic rings. The molecule has 6 N–H and O–H groups in total. The van der Waals surface area contributed by atoms with E-state index in [0.717, 1.165) is 0 Å². The van der Waals surface area contributed by atoms with Gasteiger partial charge in [0.1, 0.15) is 5.66 Å². The lowest BCUT2D eigenvalue weighted by Crippen LogP contribution is -2.52. The van der Waals surface area contributed by atoms with Crippen LogP contribution in [-0.4, -0.2) is 17.9 Å². The average Bonchev–Trinajstić information content (AvgIpc) is 2.71. The molecule has 5 nitrogen and oxygen atoms in total. The van der Waals surface area contributed by atoms with E-state index in [1.165, 1.54) is 44.7 Å². The molecule has 0 bridgehead atoms. The SMILES string of the molecule is C=CC(=C)NC(C)(N)C(/C=N\NC1CCCCCC1)=C\N. The standard InChI is InChI=1S/C16H29N5/c1-4-13(2)20-16(3,18)14(11-17)12-19-21-15-9-7-5-6-8-10-15/h4,11-12,15,20-21H,1-2,5-10,17-18H2,3H3/b14-11-,19-12-. The summed E-state index contributed by atoms with van der Waals surface area (Å²) < 4.78 is 0. The fourth-order valence-electron chi connectivity index (χ4n) is 2.43. The molecule has 0 saturated heterocycles. The van der Waals surface area contributed by atoms with Gasteiger partial charge in [-0.25, -0.2) is 0 Å². The van der Waals surface area contributed by atoms with Gasteiger partial charge >= 0.3 is 0 Å². The highest BCUT2D eigenvalue weighted by atomic mass is 15.3. The minimum absolute atomic E-state index is 0.447. The zero-order valence-corrected chi connectivity index (χ0v) is 13.1. The van der Waals surface area contributed by atoms with Gasteiger partial charge in [-0.15, -0.1) is 0 Å². The maximum atomic E-state index is 6.21. The van der Waals surface area contributed by atoms with Crippen molar-refractivity contribution in [1.82, 2.24) is 10.7 Å². The van der Waals surface area contributed by atoms with E-state index in [9.17, 15) is 0 Å². The first kappa shape index (κ1) is 17.3. The van der Waals surface area contributed by atoms with Crippen LogP contribution in [0.2, 0.25) is 0 Å². The molecule has 1 atom stereocenters. The van der Waals surface area contributed by atoms with Crippen molar-refractivity contribution in [2.75, 3.05) is 0 Å². The lowest BCUT2D eigenvalue weighted by atomic mass is 10.0. The highest BCUT2D eigenvalue weighted by molar-refractivity contribution is 5.81. The lowest BCUT2D eigenvalue weighted by Gasteiger charge is -2.28. The van der Waals surface area contributed by atoms with Gasteiger partial charge < -0.3 is 22.2 Å². The van der Waals surface area contributed by atoms with E-state index in [2.05, 4.69) is 29.0 Å². The van der Waals surface area contributed by atoms with Crippen LogP contribution in [0.15, 0.2) is 41.8 Å². The summed E-state index contributed by atoms with van der Waals surface area (Å²) in [5.41, 5.74) is 15.6. The van der Waals surface area contributed by atoms with Gasteiger partial charge in [0.2, 0.25) is 0 Å². The number of nitrogens with zero attached hydrogens (tertiary/aromatic N) is 1. The van der Waals surface area contributed by atoms with Crippen molar-refractivity contribution >= 4 is 6.21 Å². The Hall–Kier alpha value is -1.75. The Morgan fingerprint density at radius 2 is 1.90 bits per heavy atom. The molecule has 1 aliphatic rings. The molecule has 0 heterocycles. The summed E-state index contributed by atoms with van der Waals surface area (Å²) in [6.07, 6.45) is 12.3. The van der Waals surface area contributed by atoms with Crippen molar-refractivity contribution in [3.8, 4) is 0 Å². The quantitative estimate of drug-likeness (QED) is 0.190. The van der Waals surface area contributed by atoms with E-state index in [0.29, 0.717) is 17.3 Å². The van der Waals surface area contributed by atoms with Gasteiger partial charge in [0.25, 0.3) is 0 Å². The van der Waals surface area contributed by atoms with Gasteiger partial charge in [0.15, 0.2) is 0 Å². The monoisotopic (exact) mass is 291 g/mol. The molecule has 1 unspecified atom stereocenters. The fraction of sp³-hybridized carbons (Fsp3) is 0.562. The first-order valence-electron chi connectivity index (χ1n) is 7.59. The molecular weight excluding hydrogens is 262 g/mol. The van der Waals surface area contributed by atoms with Crippen molar-refractivity contribution in [1.29, 1.82) is 0 Å². The van der Waals surface area contributed by atoms with E-state index in [1.807, 2.05) is 6.92 Å². The molecular formula is C16H29N5. The summed E-state index contributed by atoms with van der Waals surface area (Å²) in [5.74, 6) is 0. The number of hydrogen-bond acceptors (Lipinski definition) is 5. The first-order chi connectivity index (χ1) is 9.99. The van der Waals surface area contributed by atoms with Crippen LogP contribution in [0.25, 0.3) is 0 Å². The van der Waals surface area contributed by atoms with Crippen molar-refractivity contribution < 1.29 is 0 Å². The lowest BCUT2D eigenvalue weighted by molar-refractivity contribution is 0.472. The van der Waals surface area contributed by atoms with Crippen LogP contribution in [0, 0.1) is 0 Å². The topological polar surface area (TPSA) is 88.5 Å². The molecule has 0 radical (unpaired) electrons. The third-order valence-corrected chi connectivity index (χ3v) is 3.76. The van der Waals surface area contributed by atoms with Gasteiger partial charge in [-0.2, -0.15) is 5.10 Å². The van der Waals surface area contributed by atoms with Gasteiger partial charge in [-0.05, 0) is 25.8 Å². The summed E-state index contributed by atoms with van der Waals surface area (Å²) in [5, 5.41) is 7.36. The van der Waals surface area contributed by atoms with E-state index < -0.39 is 5.66 Å². The van der Waals surface area contributed by atoms with Gasteiger partial charge in [-0.1, -0.05) is 38.8 Å². The normalized spacial score (nSPS) is 20.6. The number of rotatable bonds is 7. The Morgan fingerprint density at radius 3 is 2.43 bits per heavy atom.